The Bertz CT molecular complexity index is 1000. The van der Waals surface area contributed by atoms with Crippen molar-refractivity contribution in [2.75, 3.05) is 11.4 Å². The molecule has 1 atom stereocenters. The van der Waals surface area contributed by atoms with Crippen molar-refractivity contribution in [3.05, 3.63) is 58.8 Å². The number of anilines is 1. The summed E-state index contributed by atoms with van der Waals surface area (Å²) in [6.07, 6.45) is 6.00. The summed E-state index contributed by atoms with van der Waals surface area (Å²) in [5.41, 5.74) is 2.83. The first-order valence-electron chi connectivity index (χ1n) is 8.12. The van der Waals surface area contributed by atoms with Gasteiger partial charge in [0.2, 0.25) is 5.91 Å². The molecule has 1 aromatic heterocycles. The van der Waals surface area contributed by atoms with Crippen LogP contribution in [0.4, 0.5) is 5.69 Å². The zero-order valence-electron chi connectivity index (χ0n) is 13.5. The van der Waals surface area contributed by atoms with Crippen LogP contribution in [0.3, 0.4) is 0 Å². The van der Waals surface area contributed by atoms with Crippen molar-refractivity contribution in [3.63, 3.8) is 0 Å². The highest BCUT2D eigenvalue weighted by Crippen LogP contribution is 2.35. The molecule has 0 N–H and O–H groups in total. The molecule has 1 saturated heterocycles. The third-order valence-corrected chi connectivity index (χ3v) is 5.24. The summed E-state index contributed by atoms with van der Waals surface area (Å²) in [6, 6.07) is 15.7. The maximum absolute atomic E-state index is 12.6. The van der Waals surface area contributed by atoms with E-state index in [2.05, 4.69) is 26.4 Å². The topological polar surface area (TPSA) is 38.1 Å². The summed E-state index contributed by atoms with van der Waals surface area (Å²) in [7, 11) is 0. The number of carbonyl (C=O) groups is 1. The Kier molecular flexibility index (Phi) is 4.06. The molecule has 4 rings (SSSR count). The molecule has 25 heavy (non-hydrogen) atoms. The molecule has 5 heteroatoms. The van der Waals surface area contributed by atoms with Crippen molar-refractivity contribution in [1.29, 1.82) is 0 Å². The van der Waals surface area contributed by atoms with Crippen molar-refractivity contribution in [2.45, 2.75) is 18.9 Å². The van der Waals surface area contributed by atoms with Crippen molar-refractivity contribution in [1.82, 2.24) is 9.55 Å². The van der Waals surface area contributed by atoms with E-state index in [1.807, 2.05) is 53.4 Å². The van der Waals surface area contributed by atoms with E-state index >= 15 is 0 Å². The van der Waals surface area contributed by atoms with Gasteiger partial charge in [-0.3, -0.25) is 4.79 Å². The normalized spacial score (nSPS) is 17.2. The monoisotopic (exact) mass is 393 g/mol. The second kappa shape index (κ2) is 6.38. The van der Waals surface area contributed by atoms with Crippen LogP contribution in [0.1, 0.15) is 18.2 Å². The van der Waals surface area contributed by atoms with Gasteiger partial charge in [-0.05, 0) is 40.2 Å². The number of hydrogen-bond donors (Lipinski definition) is 0. The summed E-state index contributed by atoms with van der Waals surface area (Å²) < 4.78 is 2.97. The molecule has 0 unspecified atom stereocenters. The first kappa shape index (κ1) is 15.9. The van der Waals surface area contributed by atoms with E-state index in [0.29, 0.717) is 19.5 Å². The number of amides is 1. The van der Waals surface area contributed by atoms with E-state index < -0.39 is 0 Å². The van der Waals surface area contributed by atoms with Gasteiger partial charge in [-0.1, -0.05) is 30.2 Å². The molecule has 1 aliphatic heterocycles. The van der Waals surface area contributed by atoms with Crippen LogP contribution in [-0.2, 0) is 11.3 Å². The second-order valence-corrected chi connectivity index (χ2v) is 6.96. The summed E-state index contributed by atoms with van der Waals surface area (Å²) in [4.78, 5) is 19.2. The highest BCUT2D eigenvalue weighted by Gasteiger charge is 2.35. The number of hydrogen-bond acceptors (Lipinski definition) is 2. The molecule has 1 aliphatic rings. The molecular weight excluding hydrogens is 378 g/mol. The largest absolute Gasteiger partial charge is 0.316 e. The Morgan fingerprint density at radius 2 is 1.96 bits per heavy atom. The number of para-hydroxylation sites is 3. The number of benzene rings is 2. The minimum atomic E-state index is 0.0281. The van der Waals surface area contributed by atoms with Gasteiger partial charge in [0.1, 0.15) is 5.82 Å². The zero-order chi connectivity index (χ0) is 17.4. The third-order valence-electron chi connectivity index (χ3n) is 4.57. The first-order valence-corrected chi connectivity index (χ1v) is 8.92. The number of rotatable bonds is 3. The maximum atomic E-state index is 12.6. The molecule has 0 radical (unpaired) electrons. The molecule has 0 aliphatic carbocycles. The smallest absolute Gasteiger partial charge is 0.227 e. The van der Waals surface area contributed by atoms with Crippen LogP contribution in [0.5, 0.6) is 0 Å². The summed E-state index contributed by atoms with van der Waals surface area (Å²) in [6.45, 7) is 1.06. The van der Waals surface area contributed by atoms with Gasteiger partial charge < -0.3 is 9.47 Å². The molecule has 1 fully saturated rings. The molecule has 3 aromatic rings. The van der Waals surface area contributed by atoms with Crippen LogP contribution >= 0.6 is 15.9 Å². The lowest BCUT2D eigenvalue weighted by Gasteiger charge is -2.18. The van der Waals surface area contributed by atoms with E-state index in [9.17, 15) is 4.79 Å². The Balaban J connectivity index is 1.73. The molecule has 0 saturated carbocycles. The van der Waals surface area contributed by atoms with Gasteiger partial charge in [-0.15, -0.1) is 6.42 Å². The lowest BCUT2D eigenvalue weighted by molar-refractivity contribution is -0.117. The number of fused-ring (bicyclic) bond motifs is 1. The predicted molar refractivity (Wildman–Crippen MR) is 102 cm³/mol. The van der Waals surface area contributed by atoms with Crippen LogP contribution in [0.15, 0.2) is 53.0 Å². The molecule has 0 spiro atoms. The predicted octanol–water partition coefficient (Wildman–Crippen LogP) is 3.95. The highest BCUT2D eigenvalue weighted by molar-refractivity contribution is 9.10. The zero-order valence-corrected chi connectivity index (χ0v) is 15.1. The van der Waals surface area contributed by atoms with Crippen molar-refractivity contribution in [2.24, 2.45) is 0 Å². The minimum absolute atomic E-state index is 0.0281. The van der Waals surface area contributed by atoms with E-state index in [4.69, 9.17) is 11.4 Å². The van der Waals surface area contributed by atoms with Crippen LogP contribution in [-0.4, -0.2) is 22.0 Å². The van der Waals surface area contributed by atoms with Crippen molar-refractivity contribution >= 4 is 38.6 Å². The fourth-order valence-corrected chi connectivity index (χ4v) is 3.95. The Hall–Kier alpha value is -2.58. The standard InChI is InChI=1S/C20H16BrN3O/c1-2-11-23-18-10-6-4-8-16(18)22-20(23)14-12-19(25)24(13-14)17-9-5-3-7-15(17)21/h1,3-10,14H,11-13H2/t14-/m1/s1. The SMILES string of the molecule is C#CCn1c([C@@H]2CC(=O)N(c3ccccc3Br)C2)nc2ccccc21. The highest BCUT2D eigenvalue weighted by atomic mass is 79.9. The van der Waals surface area contributed by atoms with E-state index in [1.54, 1.807) is 0 Å². The Labute approximate surface area is 154 Å². The summed E-state index contributed by atoms with van der Waals surface area (Å²) in [5, 5.41) is 0. The van der Waals surface area contributed by atoms with Crippen LogP contribution < -0.4 is 4.90 Å². The quantitative estimate of drug-likeness (QED) is 0.631. The van der Waals surface area contributed by atoms with Crippen LogP contribution in [0.25, 0.3) is 11.0 Å². The number of terminal acetylenes is 1. The van der Waals surface area contributed by atoms with E-state index in [0.717, 1.165) is 27.0 Å². The second-order valence-electron chi connectivity index (χ2n) is 6.11. The number of nitrogens with zero attached hydrogens (tertiary/aromatic N) is 3. The summed E-state index contributed by atoms with van der Waals surface area (Å²) >= 11 is 3.54. The van der Waals surface area contributed by atoms with Crippen molar-refractivity contribution in [3.8, 4) is 12.3 Å². The van der Waals surface area contributed by atoms with E-state index in [-0.39, 0.29) is 11.8 Å². The minimum Gasteiger partial charge on any atom is -0.316 e. The maximum Gasteiger partial charge on any atom is 0.227 e. The lowest BCUT2D eigenvalue weighted by atomic mass is 10.1. The molecule has 4 nitrogen and oxygen atoms in total. The number of aromatic nitrogens is 2. The average Bonchev–Trinajstić information content (AvgIpc) is 3.17. The van der Waals surface area contributed by atoms with Gasteiger partial charge in [0, 0.05) is 23.4 Å². The third kappa shape index (κ3) is 2.73. The fraction of sp³-hybridized carbons (Fsp3) is 0.200. The molecular formula is C20H16BrN3O. The summed E-state index contributed by atoms with van der Waals surface area (Å²) in [5.74, 6) is 3.73. The van der Waals surface area contributed by atoms with E-state index in [1.165, 1.54) is 0 Å². The molecule has 124 valence electrons. The Morgan fingerprint density at radius 1 is 1.20 bits per heavy atom. The lowest BCUT2D eigenvalue weighted by Crippen LogP contribution is -2.24. The Morgan fingerprint density at radius 3 is 2.76 bits per heavy atom. The van der Waals surface area contributed by atoms with Crippen molar-refractivity contribution < 1.29 is 4.79 Å². The number of imidazole rings is 1. The first-order chi connectivity index (χ1) is 12.2. The van der Waals surface area contributed by atoms with Gasteiger partial charge in [0.15, 0.2) is 0 Å². The molecule has 2 heterocycles. The van der Waals surface area contributed by atoms with Gasteiger partial charge in [-0.2, -0.15) is 0 Å². The van der Waals surface area contributed by atoms with Gasteiger partial charge >= 0.3 is 0 Å². The fourth-order valence-electron chi connectivity index (χ4n) is 3.45. The molecule has 0 bridgehead atoms. The number of halogens is 1. The molecule has 2 aromatic carbocycles. The van der Waals surface area contributed by atoms with Crippen LogP contribution in [0, 0.1) is 12.3 Å². The van der Waals surface area contributed by atoms with Gasteiger partial charge in [0.25, 0.3) is 0 Å². The van der Waals surface area contributed by atoms with Gasteiger partial charge in [-0.25, -0.2) is 4.98 Å². The average molecular weight is 394 g/mol. The molecule has 1 amide bonds. The van der Waals surface area contributed by atoms with Gasteiger partial charge in [0.05, 0.1) is 23.3 Å². The number of carbonyl (C=O) groups excluding carboxylic acids is 1. The van der Waals surface area contributed by atoms with Crippen LogP contribution in [0.2, 0.25) is 0 Å².